The summed E-state index contributed by atoms with van der Waals surface area (Å²) in [6.45, 7) is 0. The largest absolute Gasteiger partial charge is 0.355 e. The van der Waals surface area contributed by atoms with Gasteiger partial charge in [0.2, 0.25) is 0 Å². The molecule has 1 spiro atoms. The molecule has 0 fully saturated rings. The van der Waals surface area contributed by atoms with Crippen LogP contribution in [0, 0.1) is 0 Å². The molecule has 0 saturated carbocycles. The third-order valence-corrected chi connectivity index (χ3v) is 10.2. The lowest BCUT2D eigenvalue weighted by Gasteiger charge is -2.39. The molecule has 45 heavy (non-hydrogen) atoms. The second kappa shape index (κ2) is 10.4. The molecule has 1 N–H and O–H groups in total. The molecule has 0 amide bonds. The summed E-state index contributed by atoms with van der Waals surface area (Å²) in [6.07, 6.45) is 0. The Balaban J connectivity index is 1.03. The molecule has 1 aliphatic carbocycles. The third kappa shape index (κ3) is 4.10. The van der Waals surface area contributed by atoms with Crippen LogP contribution in [0.2, 0.25) is 0 Å². The van der Waals surface area contributed by atoms with E-state index < -0.39 is 0 Å². The van der Waals surface area contributed by atoms with Crippen molar-refractivity contribution in [3.05, 3.63) is 192 Å². The van der Waals surface area contributed by atoms with Crippen LogP contribution in [-0.4, -0.2) is 0 Å². The van der Waals surface area contributed by atoms with E-state index >= 15 is 0 Å². The summed E-state index contributed by atoms with van der Waals surface area (Å²) in [5.74, 6) is 0. The normalized spacial score (nSPS) is 15.0. The molecule has 0 atom stereocenters. The van der Waals surface area contributed by atoms with Crippen LogP contribution in [0.3, 0.4) is 0 Å². The molecule has 1 heterocycles. The van der Waals surface area contributed by atoms with Crippen LogP contribution in [0.25, 0.3) is 33.4 Å². The predicted octanol–water partition coefficient (Wildman–Crippen LogP) is 11.6. The Labute approximate surface area is 275 Å². The van der Waals surface area contributed by atoms with E-state index in [9.17, 15) is 0 Å². The molecule has 1 aliphatic heterocycles. The molecule has 2 aliphatic rings. The monoisotopic (exact) mass is 596 g/mol. The predicted molar refractivity (Wildman–Crippen MR) is 188 cm³/mol. The van der Waals surface area contributed by atoms with Crippen molar-refractivity contribution >= 4 is 23.1 Å². The van der Waals surface area contributed by atoms with Crippen LogP contribution in [0.5, 0.6) is 0 Å². The summed E-state index contributed by atoms with van der Waals surface area (Å²) in [7, 11) is 0. The quantitative estimate of drug-likeness (QED) is 0.217. The second-order valence-electron chi connectivity index (χ2n) is 11.4. The van der Waals surface area contributed by atoms with Crippen molar-refractivity contribution in [1.82, 2.24) is 0 Å². The molecule has 0 bridgehead atoms. The van der Waals surface area contributed by atoms with Crippen LogP contribution >= 0.6 is 11.8 Å². The van der Waals surface area contributed by atoms with Gasteiger partial charge >= 0.3 is 0 Å². The molecule has 2 heteroatoms. The summed E-state index contributed by atoms with van der Waals surface area (Å²) in [5.41, 5.74) is 12.2. The van der Waals surface area contributed by atoms with E-state index in [0.29, 0.717) is 5.56 Å². The van der Waals surface area contributed by atoms with Gasteiger partial charge in [0.15, 0.2) is 0 Å². The van der Waals surface area contributed by atoms with Gasteiger partial charge in [0, 0.05) is 21.2 Å². The maximum atomic E-state index is 8.31. The number of fused-ring (bicyclic) bond motifs is 9. The standard InChI is InChI=1S/C43H29NS/c1-2-10-29(11-3-1)30-18-20-31(21-19-30)32-22-24-33(25-23-32)44-34-26-27-40-42(28-34)45-41-17-9-8-16-39(41)43(40)37-14-6-4-12-35(37)36-13-5-7-15-38(36)43/h1-28,44H/i1D,2D,3D,10D,11D. The molecular formula is C43H29NS. The molecule has 7 aromatic carbocycles. The second-order valence-corrected chi connectivity index (χ2v) is 12.5. The Kier molecular flexibility index (Phi) is 4.95. The van der Waals surface area contributed by atoms with Gasteiger partial charge in [-0.2, -0.15) is 0 Å². The summed E-state index contributed by atoms with van der Waals surface area (Å²) >= 11 is 1.83. The maximum Gasteiger partial charge on any atom is 0.0735 e. The zero-order valence-electron chi connectivity index (χ0n) is 29.2. The summed E-state index contributed by atoms with van der Waals surface area (Å²) < 4.78 is 40.5. The van der Waals surface area contributed by atoms with Crippen molar-refractivity contribution in [1.29, 1.82) is 0 Å². The van der Waals surface area contributed by atoms with Gasteiger partial charge in [-0.1, -0.05) is 151 Å². The number of nitrogens with one attached hydrogen (secondary N) is 1. The number of hydrogen-bond acceptors (Lipinski definition) is 2. The van der Waals surface area contributed by atoms with Crippen molar-refractivity contribution in [3.63, 3.8) is 0 Å². The first-order valence-electron chi connectivity index (χ1n) is 17.5. The summed E-state index contributed by atoms with van der Waals surface area (Å²) in [6, 6.07) is 47.5. The van der Waals surface area contributed by atoms with Crippen LogP contribution in [0.4, 0.5) is 11.4 Å². The lowest BCUT2D eigenvalue weighted by Crippen LogP contribution is -2.31. The van der Waals surface area contributed by atoms with Gasteiger partial charge in [-0.25, -0.2) is 0 Å². The van der Waals surface area contributed by atoms with E-state index in [1.54, 1.807) is 0 Å². The first-order chi connectivity index (χ1) is 24.4. The highest BCUT2D eigenvalue weighted by atomic mass is 32.2. The fourth-order valence-corrected chi connectivity index (χ4v) is 8.31. The van der Waals surface area contributed by atoms with E-state index in [1.165, 1.54) is 43.2 Å². The lowest BCUT2D eigenvalue weighted by atomic mass is 9.67. The molecule has 0 radical (unpaired) electrons. The number of benzene rings is 7. The average molecular weight is 597 g/mol. The Bertz CT molecular complexity index is 2420. The van der Waals surface area contributed by atoms with Crippen molar-refractivity contribution in [2.45, 2.75) is 15.2 Å². The van der Waals surface area contributed by atoms with Crippen LogP contribution < -0.4 is 5.32 Å². The minimum Gasteiger partial charge on any atom is -0.355 e. The molecule has 1 nitrogen and oxygen atoms in total. The minimum absolute atomic E-state index is 0.197. The van der Waals surface area contributed by atoms with Crippen molar-refractivity contribution in [2.75, 3.05) is 5.32 Å². The number of hydrogen-bond donors (Lipinski definition) is 1. The summed E-state index contributed by atoms with van der Waals surface area (Å²) in [4.78, 5) is 2.50. The van der Waals surface area contributed by atoms with Gasteiger partial charge in [0.05, 0.1) is 12.3 Å². The fraction of sp³-hybridized carbons (Fsp3) is 0.0233. The highest BCUT2D eigenvalue weighted by Gasteiger charge is 2.49. The molecule has 212 valence electrons. The molecule has 0 unspecified atom stereocenters. The minimum atomic E-state index is -0.386. The topological polar surface area (TPSA) is 12.0 Å². The van der Waals surface area contributed by atoms with Gasteiger partial charge in [-0.3, -0.25) is 0 Å². The van der Waals surface area contributed by atoms with Gasteiger partial charge < -0.3 is 5.32 Å². The fourth-order valence-electron chi connectivity index (χ4n) is 7.08. The van der Waals surface area contributed by atoms with E-state index in [0.717, 1.165) is 22.5 Å². The van der Waals surface area contributed by atoms with Gasteiger partial charge in [0.25, 0.3) is 0 Å². The zero-order valence-corrected chi connectivity index (χ0v) is 25.0. The first-order valence-corrected chi connectivity index (χ1v) is 15.8. The molecule has 0 saturated heterocycles. The van der Waals surface area contributed by atoms with E-state index in [2.05, 4.69) is 121 Å². The Morgan fingerprint density at radius 1 is 0.444 bits per heavy atom. The Morgan fingerprint density at radius 2 is 0.956 bits per heavy atom. The van der Waals surface area contributed by atoms with Gasteiger partial charge in [-0.05, 0) is 86.0 Å². The highest BCUT2D eigenvalue weighted by Crippen LogP contribution is 2.62. The van der Waals surface area contributed by atoms with E-state index in [1.807, 2.05) is 36.0 Å². The van der Waals surface area contributed by atoms with Crippen LogP contribution in [-0.2, 0) is 5.41 Å². The summed E-state index contributed by atoms with van der Waals surface area (Å²) in [5, 5.41) is 3.63. The zero-order chi connectivity index (χ0) is 34.1. The van der Waals surface area contributed by atoms with E-state index in [4.69, 9.17) is 6.85 Å². The average Bonchev–Trinajstić information content (AvgIpc) is 3.44. The van der Waals surface area contributed by atoms with Gasteiger partial charge in [0.1, 0.15) is 0 Å². The number of rotatable bonds is 4. The highest BCUT2D eigenvalue weighted by molar-refractivity contribution is 7.99. The molecule has 9 rings (SSSR count). The Hall–Kier alpha value is -5.31. The number of anilines is 2. The molecule has 0 aromatic heterocycles. The Morgan fingerprint density at radius 3 is 1.62 bits per heavy atom. The molecule has 7 aromatic rings. The lowest BCUT2D eigenvalue weighted by molar-refractivity contribution is 0.722. The van der Waals surface area contributed by atoms with Crippen molar-refractivity contribution < 1.29 is 6.85 Å². The molecular weight excluding hydrogens is 563 g/mol. The van der Waals surface area contributed by atoms with Crippen molar-refractivity contribution in [2.24, 2.45) is 0 Å². The SMILES string of the molecule is [2H]c1c([2H])c([2H])c(-c2ccc(-c3ccc(Nc4ccc5c(c4)Sc4ccccc4C54c5ccccc5-c5ccccc54)cc3)cc2)c([2H])c1[2H]. The maximum absolute atomic E-state index is 8.31. The first kappa shape index (κ1) is 21.4. The van der Waals surface area contributed by atoms with Gasteiger partial charge in [-0.15, -0.1) is 0 Å². The third-order valence-electron chi connectivity index (χ3n) is 9.03. The smallest absolute Gasteiger partial charge is 0.0735 e. The van der Waals surface area contributed by atoms with Crippen LogP contribution in [0.1, 0.15) is 29.1 Å². The van der Waals surface area contributed by atoms with Crippen molar-refractivity contribution in [3.8, 4) is 33.4 Å². The van der Waals surface area contributed by atoms with Crippen LogP contribution in [0.15, 0.2) is 180 Å². The van der Waals surface area contributed by atoms with E-state index in [-0.39, 0.29) is 41.2 Å².